The first-order valence-electron chi connectivity index (χ1n) is 7.67. The highest BCUT2D eigenvalue weighted by Gasteiger charge is 2.34. The van der Waals surface area contributed by atoms with Gasteiger partial charge in [0.1, 0.15) is 0 Å². The number of nitrogens with zero attached hydrogens (tertiary/aromatic N) is 2. The van der Waals surface area contributed by atoms with Gasteiger partial charge in [0.25, 0.3) is 0 Å². The zero-order valence-electron chi connectivity index (χ0n) is 12.1. The maximum absolute atomic E-state index is 12.4. The number of fused-ring (bicyclic) bond motifs is 1. The lowest BCUT2D eigenvalue weighted by molar-refractivity contribution is -0.0846. The average Bonchev–Trinajstić information content (AvgIpc) is 2.55. The van der Waals surface area contributed by atoms with E-state index in [9.17, 15) is 4.79 Å². The summed E-state index contributed by atoms with van der Waals surface area (Å²) in [4.78, 5) is 14.7. The first kappa shape index (κ1) is 14.2. The van der Waals surface area contributed by atoms with Crippen LogP contribution in [0.15, 0.2) is 24.3 Å². The summed E-state index contributed by atoms with van der Waals surface area (Å²) in [6, 6.07) is 9.38. The molecule has 4 heteroatoms. The summed E-state index contributed by atoms with van der Waals surface area (Å²) < 4.78 is 5.84. The van der Waals surface area contributed by atoms with E-state index in [0.29, 0.717) is 29.8 Å². The van der Waals surface area contributed by atoms with E-state index in [1.807, 2.05) is 0 Å². The predicted molar refractivity (Wildman–Crippen MR) is 79.1 cm³/mol. The summed E-state index contributed by atoms with van der Waals surface area (Å²) in [5.41, 5.74) is 1.28. The lowest BCUT2D eigenvalue weighted by Gasteiger charge is -2.43. The molecule has 1 aliphatic carbocycles. The third kappa shape index (κ3) is 3.15. The minimum atomic E-state index is 0.130. The number of ketones is 1. The maximum atomic E-state index is 12.4. The smallest absolute Gasteiger partial charge is 0.176 e. The van der Waals surface area contributed by atoms with E-state index in [0.717, 1.165) is 26.0 Å². The van der Waals surface area contributed by atoms with Crippen LogP contribution in [0.4, 0.5) is 0 Å². The second-order valence-electron chi connectivity index (χ2n) is 5.84. The van der Waals surface area contributed by atoms with Gasteiger partial charge < -0.3 is 4.74 Å². The van der Waals surface area contributed by atoms with Crippen molar-refractivity contribution in [2.75, 3.05) is 19.7 Å². The zero-order chi connectivity index (χ0) is 14.7. The molecule has 1 heterocycles. The quantitative estimate of drug-likeness (QED) is 0.800. The van der Waals surface area contributed by atoms with E-state index < -0.39 is 0 Å². The van der Waals surface area contributed by atoms with Crippen molar-refractivity contribution in [1.82, 2.24) is 4.90 Å². The van der Waals surface area contributed by atoms with Gasteiger partial charge in [-0.25, -0.2) is 0 Å². The molecule has 0 N–H and O–H groups in total. The summed E-state index contributed by atoms with van der Waals surface area (Å²) in [7, 11) is 0. The Morgan fingerprint density at radius 3 is 2.81 bits per heavy atom. The Morgan fingerprint density at radius 2 is 2.05 bits per heavy atom. The van der Waals surface area contributed by atoms with Crippen molar-refractivity contribution in [3.63, 3.8) is 0 Å². The van der Waals surface area contributed by atoms with Gasteiger partial charge in [-0.2, -0.15) is 5.26 Å². The van der Waals surface area contributed by atoms with Gasteiger partial charge in [0.15, 0.2) is 5.78 Å². The van der Waals surface area contributed by atoms with Crippen LogP contribution in [0.3, 0.4) is 0 Å². The Morgan fingerprint density at radius 1 is 1.29 bits per heavy atom. The van der Waals surface area contributed by atoms with Gasteiger partial charge in [-0.15, -0.1) is 0 Å². The number of carbonyl (C=O) groups excluding carboxylic acids is 1. The Bertz CT molecular complexity index is 545. The van der Waals surface area contributed by atoms with Crippen molar-refractivity contribution in [3.8, 4) is 6.07 Å². The minimum Gasteiger partial charge on any atom is -0.375 e. The molecule has 2 atom stereocenters. The molecule has 2 fully saturated rings. The van der Waals surface area contributed by atoms with E-state index in [1.54, 1.807) is 24.3 Å². The number of hydrogen-bond acceptors (Lipinski definition) is 4. The van der Waals surface area contributed by atoms with Crippen molar-refractivity contribution in [1.29, 1.82) is 5.26 Å². The summed E-state index contributed by atoms with van der Waals surface area (Å²) >= 11 is 0. The van der Waals surface area contributed by atoms with Crippen LogP contribution in [0.1, 0.15) is 41.6 Å². The molecule has 0 spiro atoms. The SMILES string of the molecule is N#Cc1ccc(C(=O)CN2CCOC3CCCCC32)cc1. The number of benzene rings is 1. The molecular weight excluding hydrogens is 264 g/mol. The Balaban J connectivity index is 1.66. The first-order valence-corrected chi connectivity index (χ1v) is 7.67. The van der Waals surface area contributed by atoms with Crippen LogP contribution in [-0.4, -0.2) is 42.5 Å². The van der Waals surface area contributed by atoms with Crippen molar-refractivity contribution in [3.05, 3.63) is 35.4 Å². The van der Waals surface area contributed by atoms with Crippen molar-refractivity contribution in [2.24, 2.45) is 0 Å². The van der Waals surface area contributed by atoms with Crippen LogP contribution < -0.4 is 0 Å². The lowest BCUT2D eigenvalue weighted by Crippen LogP contribution is -2.53. The summed E-state index contributed by atoms with van der Waals surface area (Å²) in [6.07, 6.45) is 5.02. The number of nitriles is 1. The van der Waals surface area contributed by atoms with Gasteiger partial charge in [0.2, 0.25) is 0 Å². The van der Waals surface area contributed by atoms with E-state index >= 15 is 0 Å². The van der Waals surface area contributed by atoms with Gasteiger partial charge in [-0.05, 0) is 25.0 Å². The third-order valence-corrected chi connectivity index (χ3v) is 4.53. The van der Waals surface area contributed by atoms with Crippen LogP contribution in [0, 0.1) is 11.3 Å². The molecular formula is C17H20N2O2. The number of ether oxygens (including phenoxy) is 1. The fourth-order valence-corrected chi connectivity index (χ4v) is 3.38. The van der Waals surface area contributed by atoms with Crippen molar-refractivity contribution >= 4 is 5.78 Å². The highest BCUT2D eigenvalue weighted by atomic mass is 16.5. The summed E-state index contributed by atoms with van der Waals surface area (Å²) in [6.45, 7) is 2.02. The number of morpholine rings is 1. The molecule has 2 unspecified atom stereocenters. The van der Waals surface area contributed by atoms with Crippen LogP contribution in [0.25, 0.3) is 0 Å². The third-order valence-electron chi connectivity index (χ3n) is 4.53. The Hall–Kier alpha value is -1.70. The van der Waals surface area contributed by atoms with Gasteiger partial charge in [0.05, 0.1) is 30.9 Å². The van der Waals surface area contributed by atoms with Crippen LogP contribution in [0.5, 0.6) is 0 Å². The van der Waals surface area contributed by atoms with Crippen LogP contribution in [-0.2, 0) is 4.74 Å². The van der Waals surface area contributed by atoms with E-state index in [4.69, 9.17) is 10.00 Å². The second kappa shape index (κ2) is 6.38. The van der Waals surface area contributed by atoms with Crippen LogP contribution >= 0.6 is 0 Å². The summed E-state index contributed by atoms with van der Waals surface area (Å²) in [5, 5.41) is 8.80. The zero-order valence-corrected chi connectivity index (χ0v) is 12.1. The lowest BCUT2D eigenvalue weighted by atomic mass is 9.90. The van der Waals surface area contributed by atoms with Crippen molar-refractivity contribution in [2.45, 2.75) is 37.8 Å². The molecule has 0 radical (unpaired) electrons. The molecule has 1 saturated heterocycles. The molecule has 1 aromatic carbocycles. The molecule has 1 saturated carbocycles. The fourth-order valence-electron chi connectivity index (χ4n) is 3.38. The Kier molecular flexibility index (Phi) is 4.33. The van der Waals surface area contributed by atoms with Gasteiger partial charge in [-0.3, -0.25) is 9.69 Å². The topological polar surface area (TPSA) is 53.3 Å². The molecule has 21 heavy (non-hydrogen) atoms. The van der Waals surface area contributed by atoms with Gasteiger partial charge >= 0.3 is 0 Å². The van der Waals surface area contributed by atoms with Gasteiger partial charge in [-0.1, -0.05) is 25.0 Å². The van der Waals surface area contributed by atoms with E-state index in [-0.39, 0.29) is 5.78 Å². The van der Waals surface area contributed by atoms with Gasteiger partial charge in [0, 0.05) is 18.2 Å². The molecule has 1 aliphatic heterocycles. The standard InChI is InChI=1S/C17H20N2O2/c18-11-13-5-7-14(8-6-13)16(20)12-19-9-10-21-17-4-2-1-3-15(17)19/h5-8,15,17H,1-4,9-10,12H2. The molecule has 110 valence electrons. The normalized spacial score (nSPS) is 25.9. The molecule has 2 aliphatic rings. The number of hydrogen-bond donors (Lipinski definition) is 0. The molecule has 0 amide bonds. The van der Waals surface area contributed by atoms with Crippen LogP contribution in [0.2, 0.25) is 0 Å². The largest absolute Gasteiger partial charge is 0.375 e. The number of rotatable bonds is 3. The maximum Gasteiger partial charge on any atom is 0.176 e. The number of carbonyl (C=O) groups is 1. The molecule has 3 rings (SSSR count). The van der Waals surface area contributed by atoms with E-state index in [1.165, 1.54) is 12.8 Å². The monoisotopic (exact) mass is 284 g/mol. The first-order chi connectivity index (χ1) is 10.3. The fraction of sp³-hybridized carbons (Fsp3) is 0.529. The second-order valence-corrected chi connectivity index (χ2v) is 5.84. The number of Topliss-reactive ketones (excluding diaryl/α,β-unsaturated/α-hetero) is 1. The van der Waals surface area contributed by atoms with Crippen molar-refractivity contribution < 1.29 is 9.53 Å². The predicted octanol–water partition coefficient (Wildman–Crippen LogP) is 2.38. The molecule has 0 bridgehead atoms. The molecule has 4 nitrogen and oxygen atoms in total. The highest BCUT2D eigenvalue weighted by molar-refractivity contribution is 5.97. The summed E-state index contributed by atoms with van der Waals surface area (Å²) in [5.74, 6) is 0.130. The average molecular weight is 284 g/mol. The molecule has 1 aromatic rings. The Labute approximate surface area is 125 Å². The highest BCUT2D eigenvalue weighted by Crippen LogP contribution is 2.28. The molecule has 0 aromatic heterocycles. The minimum absolute atomic E-state index is 0.130. The van der Waals surface area contributed by atoms with E-state index in [2.05, 4.69) is 11.0 Å².